The largest absolute Gasteiger partial charge is 0.494 e. The predicted octanol–water partition coefficient (Wildman–Crippen LogP) is 5.07. The third-order valence-corrected chi connectivity index (χ3v) is 4.02. The number of benzene rings is 3. The van der Waals surface area contributed by atoms with Gasteiger partial charge >= 0.3 is 0 Å². The summed E-state index contributed by atoms with van der Waals surface area (Å²) in [6.45, 7) is 0. The Bertz CT molecular complexity index is 1160. The number of hydrazone groups is 1. The van der Waals surface area contributed by atoms with E-state index in [0.29, 0.717) is 22.7 Å². The molecule has 156 valence electrons. The third-order valence-electron chi connectivity index (χ3n) is 4.02. The van der Waals surface area contributed by atoms with Crippen LogP contribution in [0.2, 0.25) is 0 Å². The van der Waals surface area contributed by atoms with Gasteiger partial charge in [0.05, 0.1) is 22.6 Å². The average molecular weight is 420 g/mol. The minimum absolute atomic E-state index is 0.0629. The SMILES string of the molecule is COc1ccccc1N=N/C(=N/Nc1ccc([N+](=O)[O-])cc1)c1cccc([N+](=O)[O-])c1. The normalized spacial score (nSPS) is 11.3. The van der Waals surface area contributed by atoms with E-state index in [9.17, 15) is 20.2 Å². The van der Waals surface area contributed by atoms with Crippen molar-refractivity contribution in [1.82, 2.24) is 0 Å². The number of nitro benzene ring substituents is 2. The van der Waals surface area contributed by atoms with Gasteiger partial charge in [-0.15, -0.1) is 10.2 Å². The zero-order valence-corrected chi connectivity index (χ0v) is 16.2. The first kappa shape index (κ1) is 21.0. The van der Waals surface area contributed by atoms with E-state index >= 15 is 0 Å². The van der Waals surface area contributed by atoms with E-state index in [1.165, 1.54) is 49.6 Å². The summed E-state index contributed by atoms with van der Waals surface area (Å²) in [5.41, 5.74) is 3.79. The average Bonchev–Trinajstić information content (AvgIpc) is 2.79. The lowest BCUT2D eigenvalue weighted by atomic mass is 10.2. The number of rotatable bonds is 7. The van der Waals surface area contributed by atoms with Crippen molar-refractivity contribution in [1.29, 1.82) is 0 Å². The Balaban J connectivity index is 1.96. The highest BCUT2D eigenvalue weighted by atomic mass is 16.6. The van der Waals surface area contributed by atoms with E-state index in [2.05, 4.69) is 20.8 Å². The van der Waals surface area contributed by atoms with Crippen LogP contribution in [-0.2, 0) is 0 Å². The molecule has 3 aromatic rings. The van der Waals surface area contributed by atoms with Crippen molar-refractivity contribution in [3.05, 3.63) is 98.6 Å². The van der Waals surface area contributed by atoms with E-state index in [1.54, 1.807) is 30.3 Å². The van der Waals surface area contributed by atoms with Crippen molar-refractivity contribution in [2.24, 2.45) is 15.3 Å². The second kappa shape index (κ2) is 9.69. The fourth-order valence-electron chi connectivity index (χ4n) is 2.49. The van der Waals surface area contributed by atoms with E-state index in [4.69, 9.17) is 4.74 Å². The molecule has 0 aliphatic carbocycles. The number of anilines is 1. The number of nitro groups is 2. The van der Waals surface area contributed by atoms with Crippen LogP contribution >= 0.6 is 0 Å². The molecule has 0 saturated heterocycles. The fourth-order valence-corrected chi connectivity index (χ4v) is 2.49. The topological polar surface area (TPSA) is 145 Å². The number of nitrogens with one attached hydrogen (secondary N) is 1. The zero-order chi connectivity index (χ0) is 22.2. The molecule has 0 atom stereocenters. The number of methoxy groups -OCH3 is 1. The van der Waals surface area contributed by atoms with Crippen molar-refractivity contribution in [3.8, 4) is 5.75 Å². The highest BCUT2D eigenvalue weighted by Gasteiger charge is 2.11. The first-order chi connectivity index (χ1) is 15.0. The quantitative estimate of drug-likeness (QED) is 0.186. The molecule has 0 spiro atoms. The zero-order valence-electron chi connectivity index (χ0n) is 16.2. The van der Waals surface area contributed by atoms with Crippen LogP contribution < -0.4 is 10.2 Å². The fraction of sp³-hybridized carbons (Fsp3) is 0.0500. The van der Waals surface area contributed by atoms with Crippen molar-refractivity contribution in [2.75, 3.05) is 12.5 Å². The summed E-state index contributed by atoms with van der Waals surface area (Å²) >= 11 is 0. The highest BCUT2D eigenvalue weighted by molar-refractivity contribution is 6.00. The summed E-state index contributed by atoms with van der Waals surface area (Å²) < 4.78 is 5.24. The van der Waals surface area contributed by atoms with E-state index in [-0.39, 0.29) is 17.2 Å². The molecule has 1 N–H and O–H groups in total. The lowest BCUT2D eigenvalue weighted by Crippen LogP contribution is -2.02. The number of para-hydroxylation sites is 1. The molecule has 11 heteroatoms. The Hall–Kier alpha value is -4.67. The number of nitrogens with zero attached hydrogens (tertiary/aromatic N) is 5. The van der Waals surface area contributed by atoms with Gasteiger partial charge in [0.15, 0.2) is 0 Å². The molecular weight excluding hydrogens is 404 g/mol. The minimum Gasteiger partial charge on any atom is -0.494 e. The van der Waals surface area contributed by atoms with Crippen LogP contribution in [-0.4, -0.2) is 22.8 Å². The van der Waals surface area contributed by atoms with Crippen molar-refractivity contribution in [3.63, 3.8) is 0 Å². The predicted molar refractivity (Wildman–Crippen MR) is 114 cm³/mol. The lowest BCUT2D eigenvalue weighted by Gasteiger charge is -2.05. The maximum Gasteiger partial charge on any atom is 0.270 e. The molecule has 31 heavy (non-hydrogen) atoms. The van der Waals surface area contributed by atoms with Gasteiger partial charge in [0.25, 0.3) is 11.4 Å². The smallest absolute Gasteiger partial charge is 0.270 e. The van der Waals surface area contributed by atoms with Gasteiger partial charge in [-0.2, -0.15) is 5.10 Å². The molecule has 0 heterocycles. The van der Waals surface area contributed by atoms with Crippen LogP contribution in [0, 0.1) is 20.2 Å². The number of non-ortho nitro benzene ring substituents is 2. The molecule has 0 aliphatic heterocycles. The summed E-state index contributed by atoms with van der Waals surface area (Å²) in [5, 5.41) is 34.4. The maximum absolute atomic E-state index is 11.1. The highest BCUT2D eigenvalue weighted by Crippen LogP contribution is 2.27. The molecule has 0 aliphatic rings. The summed E-state index contributed by atoms with van der Waals surface area (Å²) in [5.74, 6) is 0.556. The number of azo groups is 1. The first-order valence-corrected chi connectivity index (χ1v) is 8.85. The van der Waals surface area contributed by atoms with Gasteiger partial charge in [-0.1, -0.05) is 24.3 Å². The molecule has 0 aromatic heterocycles. The molecule has 11 nitrogen and oxygen atoms in total. The van der Waals surface area contributed by atoms with E-state index in [0.717, 1.165) is 0 Å². The van der Waals surface area contributed by atoms with Crippen molar-refractivity contribution < 1.29 is 14.6 Å². The second-order valence-electron chi connectivity index (χ2n) is 6.03. The van der Waals surface area contributed by atoms with Gasteiger partial charge < -0.3 is 4.74 Å². The minimum atomic E-state index is -0.526. The van der Waals surface area contributed by atoms with Crippen LogP contribution in [0.5, 0.6) is 5.75 Å². The number of hydrogen-bond donors (Lipinski definition) is 1. The van der Waals surface area contributed by atoms with Gasteiger partial charge in [-0.25, -0.2) is 0 Å². The first-order valence-electron chi connectivity index (χ1n) is 8.85. The van der Waals surface area contributed by atoms with E-state index < -0.39 is 9.85 Å². The van der Waals surface area contributed by atoms with Gasteiger partial charge in [-0.05, 0) is 24.3 Å². The molecule has 3 aromatic carbocycles. The van der Waals surface area contributed by atoms with Gasteiger partial charge in [0.2, 0.25) is 5.84 Å². The Kier molecular flexibility index (Phi) is 6.58. The molecule has 3 rings (SSSR count). The third kappa shape index (κ3) is 5.44. The van der Waals surface area contributed by atoms with E-state index in [1.807, 2.05) is 0 Å². The van der Waals surface area contributed by atoms with Gasteiger partial charge in [0.1, 0.15) is 11.4 Å². The van der Waals surface area contributed by atoms with Crippen LogP contribution in [0.4, 0.5) is 22.7 Å². The molecule has 0 saturated carbocycles. The van der Waals surface area contributed by atoms with Crippen molar-refractivity contribution >= 4 is 28.6 Å². The summed E-state index contributed by atoms with van der Waals surface area (Å²) in [6, 6.07) is 18.3. The monoisotopic (exact) mass is 420 g/mol. The lowest BCUT2D eigenvalue weighted by molar-refractivity contribution is -0.385. The van der Waals surface area contributed by atoms with Gasteiger partial charge in [0, 0.05) is 29.8 Å². The number of amidine groups is 1. The summed E-state index contributed by atoms with van der Waals surface area (Å²) in [6.07, 6.45) is 0. The van der Waals surface area contributed by atoms with Crippen LogP contribution in [0.1, 0.15) is 5.56 Å². The standard InChI is InChI=1S/C20H16N6O5/c1-31-19-8-3-2-7-18(19)22-24-20(14-5-4-6-17(13-14)26(29)30)23-21-15-9-11-16(12-10-15)25(27)28/h2-13,21H,1H3/b23-20+,24-22?. The summed E-state index contributed by atoms with van der Waals surface area (Å²) in [4.78, 5) is 20.9. The van der Waals surface area contributed by atoms with Crippen LogP contribution in [0.3, 0.4) is 0 Å². The molecular formula is C20H16N6O5. The Morgan fingerprint density at radius 1 is 0.903 bits per heavy atom. The molecule has 0 amide bonds. The number of hydrogen-bond acceptors (Lipinski definition) is 8. The van der Waals surface area contributed by atoms with Gasteiger partial charge in [-0.3, -0.25) is 25.7 Å². The number of ether oxygens (including phenoxy) is 1. The molecule has 0 unspecified atom stereocenters. The summed E-state index contributed by atoms with van der Waals surface area (Å²) in [7, 11) is 1.50. The van der Waals surface area contributed by atoms with Crippen LogP contribution in [0.15, 0.2) is 88.1 Å². The maximum atomic E-state index is 11.1. The molecule has 0 bridgehead atoms. The second-order valence-corrected chi connectivity index (χ2v) is 6.03. The van der Waals surface area contributed by atoms with Crippen LogP contribution in [0.25, 0.3) is 0 Å². The Labute approximate surface area is 176 Å². The Morgan fingerprint density at radius 3 is 2.29 bits per heavy atom. The Morgan fingerprint density at radius 2 is 1.61 bits per heavy atom. The molecule has 0 radical (unpaired) electrons. The molecule has 0 fully saturated rings. The van der Waals surface area contributed by atoms with Crippen molar-refractivity contribution in [2.45, 2.75) is 0 Å².